The average Bonchev–Trinajstić information content (AvgIpc) is 2.63. The maximum Gasteiger partial charge on any atom is 0.251 e. The third-order valence-corrected chi connectivity index (χ3v) is 4.62. The summed E-state index contributed by atoms with van der Waals surface area (Å²) in [5.74, 6) is -0.505. The lowest BCUT2D eigenvalue weighted by Gasteiger charge is -2.35. The van der Waals surface area contributed by atoms with Crippen molar-refractivity contribution in [2.75, 3.05) is 44.7 Å². The molecule has 0 bridgehead atoms. The molecule has 1 aliphatic rings. The van der Waals surface area contributed by atoms with E-state index in [1.807, 2.05) is 6.07 Å². The van der Waals surface area contributed by atoms with E-state index in [1.54, 1.807) is 0 Å². The van der Waals surface area contributed by atoms with Gasteiger partial charge in [0.25, 0.3) is 5.91 Å². The third kappa shape index (κ3) is 4.57. The smallest absolute Gasteiger partial charge is 0.251 e. The molecule has 0 aromatic heterocycles. The average molecular weight is 341 g/mol. The maximum absolute atomic E-state index is 12.9. The van der Waals surface area contributed by atoms with Gasteiger partial charge in [0.05, 0.1) is 0 Å². The number of piperazine rings is 1. The minimum absolute atomic E-state index is 0.169. The van der Waals surface area contributed by atoms with Crippen molar-refractivity contribution in [3.8, 4) is 0 Å². The molecule has 0 radical (unpaired) electrons. The van der Waals surface area contributed by atoms with E-state index >= 15 is 0 Å². The van der Waals surface area contributed by atoms with Crippen molar-refractivity contribution in [3.63, 3.8) is 0 Å². The highest BCUT2D eigenvalue weighted by molar-refractivity contribution is 5.94. The lowest BCUT2D eigenvalue weighted by molar-refractivity contribution is 0.0954. The molecule has 1 aliphatic heterocycles. The number of hydrogen-bond acceptors (Lipinski definition) is 3. The van der Waals surface area contributed by atoms with Crippen molar-refractivity contribution in [2.45, 2.75) is 6.42 Å². The number of rotatable bonds is 5. The molecule has 0 atom stereocenters. The Labute approximate surface area is 148 Å². The highest BCUT2D eigenvalue weighted by Gasteiger charge is 2.16. The van der Waals surface area contributed by atoms with Gasteiger partial charge in [-0.05, 0) is 49.4 Å². The molecule has 2 aromatic carbocycles. The van der Waals surface area contributed by atoms with Gasteiger partial charge in [0.15, 0.2) is 0 Å². The molecule has 25 heavy (non-hydrogen) atoms. The molecule has 5 heteroatoms. The molecule has 0 spiro atoms. The number of anilines is 1. The third-order valence-electron chi connectivity index (χ3n) is 4.62. The summed E-state index contributed by atoms with van der Waals surface area (Å²) >= 11 is 0. The summed E-state index contributed by atoms with van der Waals surface area (Å²) in [7, 11) is 2.15. The normalized spacial score (nSPS) is 15.2. The Hall–Kier alpha value is -2.40. The maximum atomic E-state index is 12.9. The molecule has 0 saturated carbocycles. The van der Waals surface area contributed by atoms with Gasteiger partial charge in [0.1, 0.15) is 5.82 Å². The van der Waals surface area contributed by atoms with E-state index in [0.717, 1.165) is 32.6 Å². The van der Waals surface area contributed by atoms with Crippen LogP contribution in [0.25, 0.3) is 0 Å². The SMILES string of the molecule is CN1CCN(c2ccccc2CCNC(=O)c2ccc(F)cc2)CC1. The van der Waals surface area contributed by atoms with Gasteiger partial charge >= 0.3 is 0 Å². The second-order valence-electron chi connectivity index (χ2n) is 6.43. The minimum Gasteiger partial charge on any atom is -0.369 e. The van der Waals surface area contributed by atoms with Gasteiger partial charge in [0, 0.05) is 44.0 Å². The second-order valence-corrected chi connectivity index (χ2v) is 6.43. The van der Waals surface area contributed by atoms with Crippen LogP contribution in [-0.4, -0.2) is 50.6 Å². The highest BCUT2D eigenvalue weighted by atomic mass is 19.1. The molecule has 3 rings (SSSR count). The summed E-state index contributed by atoms with van der Waals surface area (Å²) in [6.07, 6.45) is 0.773. The Bertz CT molecular complexity index is 709. The van der Waals surface area contributed by atoms with Crippen LogP contribution in [0.5, 0.6) is 0 Å². The number of nitrogens with zero attached hydrogens (tertiary/aromatic N) is 2. The van der Waals surface area contributed by atoms with Crippen molar-refractivity contribution in [1.29, 1.82) is 0 Å². The molecular formula is C20H24FN3O. The predicted molar refractivity (Wildman–Crippen MR) is 98.6 cm³/mol. The van der Waals surface area contributed by atoms with Crippen LogP contribution in [0.1, 0.15) is 15.9 Å². The Morgan fingerprint density at radius 2 is 1.72 bits per heavy atom. The number of nitrogens with one attached hydrogen (secondary N) is 1. The molecule has 4 nitrogen and oxygen atoms in total. The summed E-state index contributed by atoms with van der Waals surface area (Å²) in [6.45, 7) is 4.73. The molecule has 2 aromatic rings. The monoisotopic (exact) mass is 341 g/mol. The van der Waals surface area contributed by atoms with Crippen molar-refractivity contribution in [1.82, 2.24) is 10.2 Å². The van der Waals surface area contributed by atoms with E-state index in [9.17, 15) is 9.18 Å². The Kier molecular flexibility index (Phi) is 5.66. The first-order valence-corrected chi connectivity index (χ1v) is 8.68. The standard InChI is InChI=1S/C20H24FN3O/c1-23-12-14-24(15-13-23)19-5-3-2-4-16(19)10-11-22-20(25)17-6-8-18(21)9-7-17/h2-9H,10-15H2,1H3,(H,22,25). The summed E-state index contributed by atoms with van der Waals surface area (Å²) in [4.78, 5) is 16.9. The van der Waals surface area contributed by atoms with Crippen LogP contribution in [0.2, 0.25) is 0 Å². The van der Waals surface area contributed by atoms with Gasteiger partial charge in [-0.3, -0.25) is 4.79 Å². The molecule has 0 aliphatic carbocycles. The zero-order chi connectivity index (χ0) is 17.6. The quantitative estimate of drug-likeness (QED) is 0.908. The minimum atomic E-state index is -0.336. The molecule has 1 fully saturated rings. The molecule has 1 amide bonds. The summed E-state index contributed by atoms with van der Waals surface area (Å²) in [5, 5.41) is 2.92. The van der Waals surface area contributed by atoms with Crippen LogP contribution in [0.4, 0.5) is 10.1 Å². The van der Waals surface area contributed by atoms with Crippen molar-refractivity contribution in [2.24, 2.45) is 0 Å². The van der Waals surface area contributed by atoms with E-state index in [-0.39, 0.29) is 11.7 Å². The molecule has 0 unspecified atom stereocenters. The van der Waals surface area contributed by atoms with Crippen molar-refractivity contribution >= 4 is 11.6 Å². The zero-order valence-corrected chi connectivity index (χ0v) is 14.5. The summed E-state index contributed by atoms with van der Waals surface area (Å²) in [6, 6.07) is 14.0. The Morgan fingerprint density at radius 1 is 1.04 bits per heavy atom. The number of amides is 1. The fraction of sp³-hybridized carbons (Fsp3) is 0.350. The van der Waals surface area contributed by atoms with E-state index in [2.05, 4.69) is 40.4 Å². The second kappa shape index (κ2) is 8.12. The van der Waals surface area contributed by atoms with Crippen LogP contribution < -0.4 is 10.2 Å². The number of benzene rings is 2. The van der Waals surface area contributed by atoms with Crippen molar-refractivity contribution < 1.29 is 9.18 Å². The summed E-state index contributed by atoms with van der Waals surface area (Å²) < 4.78 is 12.9. The topological polar surface area (TPSA) is 35.6 Å². The van der Waals surface area contributed by atoms with Gasteiger partial charge in [-0.15, -0.1) is 0 Å². The number of likely N-dealkylation sites (N-methyl/N-ethyl adjacent to an activating group) is 1. The van der Waals surface area contributed by atoms with Gasteiger partial charge < -0.3 is 15.1 Å². The molecular weight excluding hydrogens is 317 g/mol. The lowest BCUT2D eigenvalue weighted by atomic mass is 10.1. The van der Waals surface area contributed by atoms with E-state index < -0.39 is 0 Å². The Morgan fingerprint density at radius 3 is 2.44 bits per heavy atom. The fourth-order valence-corrected chi connectivity index (χ4v) is 3.09. The van der Waals surface area contributed by atoms with Crippen LogP contribution in [0.15, 0.2) is 48.5 Å². The van der Waals surface area contributed by atoms with Crippen LogP contribution in [0, 0.1) is 5.82 Å². The first kappa shape index (κ1) is 17.4. The number of halogens is 1. The Balaban J connectivity index is 1.58. The van der Waals surface area contributed by atoms with Gasteiger partial charge in [-0.1, -0.05) is 18.2 Å². The zero-order valence-electron chi connectivity index (χ0n) is 14.5. The number of para-hydroxylation sites is 1. The lowest BCUT2D eigenvalue weighted by Crippen LogP contribution is -2.44. The predicted octanol–water partition coefficient (Wildman–Crippen LogP) is 2.55. The van der Waals surface area contributed by atoms with Gasteiger partial charge in [-0.25, -0.2) is 4.39 Å². The van der Waals surface area contributed by atoms with Crippen LogP contribution in [-0.2, 0) is 6.42 Å². The number of carbonyl (C=O) groups is 1. The molecule has 1 saturated heterocycles. The fourth-order valence-electron chi connectivity index (χ4n) is 3.09. The molecule has 1 heterocycles. The summed E-state index contributed by atoms with van der Waals surface area (Å²) in [5.41, 5.74) is 2.98. The van der Waals surface area contributed by atoms with E-state index in [0.29, 0.717) is 12.1 Å². The van der Waals surface area contributed by atoms with Crippen molar-refractivity contribution in [3.05, 3.63) is 65.5 Å². The number of carbonyl (C=O) groups excluding carboxylic acids is 1. The van der Waals surface area contributed by atoms with E-state index in [4.69, 9.17) is 0 Å². The first-order chi connectivity index (χ1) is 12.1. The first-order valence-electron chi connectivity index (χ1n) is 8.68. The highest BCUT2D eigenvalue weighted by Crippen LogP contribution is 2.22. The number of hydrogen-bond donors (Lipinski definition) is 1. The van der Waals surface area contributed by atoms with Crippen LogP contribution in [0.3, 0.4) is 0 Å². The molecule has 1 N–H and O–H groups in total. The van der Waals surface area contributed by atoms with Crippen LogP contribution >= 0.6 is 0 Å². The van der Waals surface area contributed by atoms with Gasteiger partial charge in [0.2, 0.25) is 0 Å². The molecule has 132 valence electrons. The van der Waals surface area contributed by atoms with E-state index in [1.165, 1.54) is 35.5 Å². The largest absolute Gasteiger partial charge is 0.369 e. The van der Waals surface area contributed by atoms with Gasteiger partial charge in [-0.2, -0.15) is 0 Å².